The number of hydrogen-bond donors (Lipinski definition) is 0. The minimum Gasteiger partial charge on any atom is -0.456 e. The van der Waals surface area contributed by atoms with Crippen LogP contribution in [0.5, 0.6) is 0 Å². The highest BCUT2D eigenvalue weighted by Gasteiger charge is 2.46. The second kappa shape index (κ2) is 12.3. The maximum atomic E-state index is 7.04. The van der Waals surface area contributed by atoms with Crippen LogP contribution in [0.15, 0.2) is 120 Å². The third-order valence-corrected chi connectivity index (χ3v) is 16.8. The van der Waals surface area contributed by atoms with Crippen molar-refractivity contribution in [3.63, 3.8) is 0 Å². The van der Waals surface area contributed by atoms with E-state index in [1.54, 1.807) is 0 Å². The molecule has 0 bridgehead atoms. The molecule has 2 aromatic heterocycles. The van der Waals surface area contributed by atoms with Crippen molar-refractivity contribution >= 4 is 72.9 Å². The molecule has 65 heavy (non-hydrogen) atoms. The fraction of sp³-hybridized carbons (Fsp3) is 0.311. The molecule has 0 radical (unpaired) electrons. The maximum Gasteiger partial charge on any atom is 0.333 e. The highest BCUT2D eigenvalue weighted by atomic mass is 16.3. The first-order valence-electron chi connectivity index (χ1n) is 24.1. The summed E-state index contributed by atoms with van der Waals surface area (Å²) in [6, 6.07) is 45.5. The lowest BCUT2D eigenvalue weighted by atomic mass is 9.43. The monoisotopic (exact) mass is 846 g/mol. The van der Waals surface area contributed by atoms with Gasteiger partial charge < -0.3 is 13.8 Å². The van der Waals surface area contributed by atoms with Crippen LogP contribution in [0.1, 0.15) is 129 Å². The lowest BCUT2D eigenvalue weighted by molar-refractivity contribution is 0.332. The summed E-state index contributed by atoms with van der Waals surface area (Å²) in [6.07, 6.45) is 2.35. The fourth-order valence-corrected chi connectivity index (χ4v) is 12.9. The van der Waals surface area contributed by atoms with Gasteiger partial charge in [-0.05, 0) is 144 Å². The Bertz CT molecular complexity index is 3600. The van der Waals surface area contributed by atoms with Crippen LogP contribution in [-0.2, 0) is 27.1 Å². The van der Waals surface area contributed by atoms with E-state index in [4.69, 9.17) is 4.42 Å². The van der Waals surface area contributed by atoms with E-state index in [0.29, 0.717) is 0 Å². The van der Waals surface area contributed by atoms with Crippen molar-refractivity contribution in [2.75, 3.05) is 4.81 Å². The van der Waals surface area contributed by atoms with Crippen LogP contribution in [0.3, 0.4) is 0 Å². The predicted molar refractivity (Wildman–Crippen MR) is 277 cm³/mol. The Hall–Kier alpha value is -6.00. The summed E-state index contributed by atoms with van der Waals surface area (Å²) >= 11 is 0. The predicted octanol–water partition coefficient (Wildman–Crippen LogP) is 15.2. The maximum absolute atomic E-state index is 7.04. The Morgan fingerprint density at radius 1 is 0.538 bits per heavy atom. The van der Waals surface area contributed by atoms with Gasteiger partial charge in [0.2, 0.25) is 0 Å². The number of anilines is 2. The molecule has 4 heterocycles. The van der Waals surface area contributed by atoms with Gasteiger partial charge >= 0.3 is 6.85 Å². The van der Waals surface area contributed by atoms with Crippen LogP contribution < -0.4 is 15.7 Å². The van der Waals surface area contributed by atoms with Crippen molar-refractivity contribution in [1.29, 1.82) is 0 Å². The molecule has 2 aliphatic heterocycles. The van der Waals surface area contributed by atoms with E-state index >= 15 is 0 Å². The summed E-state index contributed by atoms with van der Waals surface area (Å²) in [6.45, 7) is 28.4. The van der Waals surface area contributed by atoms with Gasteiger partial charge in [-0.3, -0.25) is 0 Å². The quantitative estimate of drug-likeness (QED) is 0.154. The molecular formula is C61H59BN2O. The first-order valence-corrected chi connectivity index (χ1v) is 24.1. The van der Waals surface area contributed by atoms with Crippen molar-refractivity contribution in [1.82, 2.24) is 4.57 Å². The summed E-state index contributed by atoms with van der Waals surface area (Å²) in [5, 5.41) is 5.09. The molecule has 0 saturated carbocycles. The van der Waals surface area contributed by atoms with Crippen LogP contribution in [-0.4, -0.2) is 11.4 Å². The SMILES string of the molecule is CC(C)(C)c1ccc(N2B3c4cc(C(C)(C)C)ccc4-n4c5ccc6c(c5c5ccc(c3c54)-c3cc4oc5cc7c(cc5c4cc32)C(C)(C)CCC7(C)C)-c2ccccc2C6(C)C)cc1. The fourth-order valence-electron chi connectivity index (χ4n) is 12.9. The molecule has 3 nitrogen and oxygen atoms in total. The smallest absolute Gasteiger partial charge is 0.333 e. The van der Waals surface area contributed by atoms with Crippen LogP contribution in [0, 0.1) is 0 Å². The number of aromatic nitrogens is 1. The van der Waals surface area contributed by atoms with E-state index in [9.17, 15) is 0 Å². The molecule has 0 fully saturated rings. The lowest BCUT2D eigenvalue weighted by Crippen LogP contribution is -2.60. The summed E-state index contributed by atoms with van der Waals surface area (Å²) in [7, 11) is 0. The number of hydrogen-bond acceptors (Lipinski definition) is 2. The van der Waals surface area contributed by atoms with Crippen molar-refractivity contribution < 1.29 is 4.42 Å². The Labute approximate surface area is 384 Å². The van der Waals surface area contributed by atoms with Crippen LogP contribution in [0.25, 0.3) is 71.7 Å². The minimum absolute atomic E-state index is 0.0336. The molecule has 0 saturated heterocycles. The zero-order chi connectivity index (χ0) is 45.1. The average Bonchev–Trinajstić information content (AvgIpc) is 3.87. The number of fused-ring (bicyclic) bond motifs is 16. The van der Waals surface area contributed by atoms with Gasteiger partial charge in [0.05, 0.1) is 11.0 Å². The zero-order valence-electron chi connectivity index (χ0n) is 40.3. The van der Waals surface area contributed by atoms with Gasteiger partial charge in [0.25, 0.3) is 0 Å². The van der Waals surface area contributed by atoms with Gasteiger partial charge in [0.15, 0.2) is 0 Å². The molecule has 0 amide bonds. The van der Waals surface area contributed by atoms with E-state index in [0.717, 1.165) is 11.2 Å². The molecule has 7 aromatic carbocycles. The number of furan rings is 1. The van der Waals surface area contributed by atoms with Crippen LogP contribution in [0.4, 0.5) is 11.4 Å². The molecule has 4 heteroatoms. The molecule has 4 aliphatic rings. The lowest BCUT2D eigenvalue weighted by Gasteiger charge is -2.42. The van der Waals surface area contributed by atoms with E-state index in [-0.39, 0.29) is 33.9 Å². The minimum atomic E-state index is -0.0946. The normalized spacial score (nSPS) is 17.4. The second-order valence-electron chi connectivity index (χ2n) is 24.0. The van der Waals surface area contributed by atoms with Crippen molar-refractivity contribution in [3.8, 4) is 27.9 Å². The molecule has 0 spiro atoms. The molecule has 0 atom stereocenters. The molecule has 0 unspecified atom stereocenters. The van der Waals surface area contributed by atoms with Crippen LogP contribution in [0.2, 0.25) is 0 Å². The Kier molecular flexibility index (Phi) is 7.43. The van der Waals surface area contributed by atoms with E-state index in [2.05, 4.69) is 208 Å². The van der Waals surface area contributed by atoms with Crippen molar-refractivity contribution in [3.05, 3.63) is 149 Å². The number of nitrogens with zero attached hydrogens (tertiary/aromatic N) is 2. The standard InChI is InChI=1S/C61H59BN2O/c1-57(2,3)34-17-20-36(21-18-34)64-50-31-42-41-30-45-46(60(9,10)28-27-59(45,7)8)33-52(41)65-51(42)32-40(50)37-22-23-39-54-49(26-24-44-53(54)38-15-13-14-16-43(38)61(44,11)12)63-48-25-19-35(58(4,5)6)29-47(48)62(64)55(37)56(39)63/h13-26,29-33H,27-28H2,1-12H3. The van der Waals surface area contributed by atoms with Gasteiger partial charge in [0, 0.05) is 49.6 Å². The highest BCUT2D eigenvalue weighted by molar-refractivity contribution is 6.93. The topological polar surface area (TPSA) is 21.3 Å². The molecule has 2 aliphatic carbocycles. The first kappa shape index (κ1) is 39.4. The van der Waals surface area contributed by atoms with E-state index < -0.39 is 0 Å². The number of rotatable bonds is 1. The van der Waals surface area contributed by atoms with E-state index in [1.165, 1.54) is 129 Å². The van der Waals surface area contributed by atoms with Gasteiger partial charge in [0.1, 0.15) is 11.2 Å². The van der Waals surface area contributed by atoms with Gasteiger partial charge in [-0.15, -0.1) is 0 Å². The average molecular weight is 847 g/mol. The molecule has 9 aromatic rings. The summed E-state index contributed by atoms with van der Waals surface area (Å²) in [5.74, 6) is 0. The summed E-state index contributed by atoms with van der Waals surface area (Å²) in [4.78, 5) is 2.70. The van der Waals surface area contributed by atoms with Crippen LogP contribution >= 0.6 is 0 Å². The van der Waals surface area contributed by atoms with Crippen molar-refractivity contribution in [2.24, 2.45) is 0 Å². The molecule has 0 N–H and O–H groups in total. The Morgan fingerprint density at radius 3 is 1.92 bits per heavy atom. The third-order valence-electron chi connectivity index (χ3n) is 16.8. The Morgan fingerprint density at radius 2 is 1.20 bits per heavy atom. The number of benzene rings is 7. The Balaban J connectivity index is 1.18. The second-order valence-corrected chi connectivity index (χ2v) is 24.0. The van der Waals surface area contributed by atoms with E-state index in [1.807, 2.05) is 0 Å². The molecule has 13 rings (SSSR count). The van der Waals surface area contributed by atoms with Gasteiger partial charge in [-0.25, -0.2) is 0 Å². The largest absolute Gasteiger partial charge is 0.456 e. The first-order chi connectivity index (χ1) is 30.7. The van der Waals surface area contributed by atoms with Gasteiger partial charge in [-0.2, -0.15) is 0 Å². The summed E-state index contributed by atoms with van der Waals surface area (Å²) in [5.41, 5.74) is 24.7. The highest BCUT2D eigenvalue weighted by Crippen LogP contribution is 2.55. The third kappa shape index (κ3) is 5.09. The zero-order valence-corrected chi connectivity index (χ0v) is 40.3. The van der Waals surface area contributed by atoms with Crippen molar-refractivity contribution in [2.45, 2.75) is 123 Å². The van der Waals surface area contributed by atoms with Gasteiger partial charge in [-0.1, -0.05) is 150 Å². The molecule has 322 valence electrons. The summed E-state index contributed by atoms with van der Waals surface area (Å²) < 4.78 is 9.68. The molecular weight excluding hydrogens is 787 g/mol.